The van der Waals surface area contributed by atoms with Crippen LogP contribution in [0.25, 0.3) is 11.4 Å². The van der Waals surface area contributed by atoms with Crippen LogP contribution in [0, 0.1) is 12.7 Å². The van der Waals surface area contributed by atoms with Gasteiger partial charge in [-0.3, -0.25) is 4.79 Å². The van der Waals surface area contributed by atoms with Gasteiger partial charge in [-0.05, 0) is 19.1 Å². The summed E-state index contributed by atoms with van der Waals surface area (Å²) in [5.74, 6) is 0.0990. The number of nitrogens with one attached hydrogen (secondary N) is 1. The molecule has 0 fully saturated rings. The largest absolute Gasteiger partial charge is 0.323 e. The average molecular weight is 356 g/mol. The lowest BCUT2D eigenvalue weighted by atomic mass is 10.1. The molecule has 128 valence electrons. The van der Waals surface area contributed by atoms with Crippen LogP contribution in [0.3, 0.4) is 0 Å². The van der Waals surface area contributed by atoms with Crippen molar-refractivity contribution in [3.05, 3.63) is 59.9 Å². The van der Waals surface area contributed by atoms with Crippen LogP contribution in [0.15, 0.2) is 53.7 Å². The van der Waals surface area contributed by atoms with Crippen molar-refractivity contribution in [1.29, 1.82) is 0 Å². The van der Waals surface area contributed by atoms with Gasteiger partial charge in [0.25, 0.3) is 0 Å². The highest BCUT2D eigenvalue weighted by molar-refractivity contribution is 7.99. The lowest BCUT2D eigenvalue weighted by Crippen LogP contribution is -2.15. The molecule has 0 aliphatic carbocycles. The van der Waals surface area contributed by atoms with Gasteiger partial charge in [0.1, 0.15) is 5.82 Å². The first-order chi connectivity index (χ1) is 12.0. The number of amides is 1. The number of benzene rings is 2. The van der Waals surface area contributed by atoms with Crippen molar-refractivity contribution in [3.8, 4) is 11.4 Å². The monoisotopic (exact) mass is 356 g/mol. The van der Waals surface area contributed by atoms with Crippen LogP contribution in [0.2, 0.25) is 0 Å². The maximum absolute atomic E-state index is 13.5. The van der Waals surface area contributed by atoms with Crippen LogP contribution in [-0.4, -0.2) is 26.4 Å². The van der Waals surface area contributed by atoms with E-state index in [0.29, 0.717) is 5.16 Å². The van der Waals surface area contributed by atoms with Gasteiger partial charge in [-0.25, -0.2) is 4.39 Å². The van der Waals surface area contributed by atoms with E-state index >= 15 is 0 Å². The molecule has 0 aliphatic rings. The Balaban J connectivity index is 1.65. The minimum atomic E-state index is -0.457. The van der Waals surface area contributed by atoms with Crippen molar-refractivity contribution < 1.29 is 9.18 Å². The van der Waals surface area contributed by atoms with Gasteiger partial charge in [-0.1, -0.05) is 53.7 Å². The summed E-state index contributed by atoms with van der Waals surface area (Å²) in [7, 11) is 1.85. The second kappa shape index (κ2) is 7.48. The normalized spacial score (nSPS) is 10.7. The Morgan fingerprint density at radius 1 is 1.16 bits per heavy atom. The molecule has 25 heavy (non-hydrogen) atoms. The summed E-state index contributed by atoms with van der Waals surface area (Å²) in [5, 5.41) is 11.5. The third kappa shape index (κ3) is 4.06. The molecule has 3 aromatic rings. The Bertz CT molecular complexity index is 892. The second-order valence-corrected chi connectivity index (χ2v) is 6.49. The third-order valence-corrected chi connectivity index (χ3v) is 4.65. The number of carbonyl (C=O) groups is 1. The molecule has 5 nitrogen and oxygen atoms in total. The molecule has 0 bridgehead atoms. The van der Waals surface area contributed by atoms with Crippen LogP contribution >= 0.6 is 11.8 Å². The Kier molecular flexibility index (Phi) is 5.14. The number of thioether (sulfide) groups is 1. The van der Waals surface area contributed by atoms with E-state index in [4.69, 9.17) is 0 Å². The molecule has 0 aliphatic heterocycles. The van der Waals surface area contributed by atoms with Crippen molar-refractivity contribution in [2.45, 2.75) is 12.1 Å². The lowest BCUT2D eigenvalue weighted by molar-refractivity contribution is -0.113. The molecule has 0 saturated carbocycles. The smallest absolute Gasteiger partial charge is 0.234 e. The zero-order valence-corrected chi connectivity index (χ0v) is 14.7. The van der Waals surface area contributed by atoms with Crippen molar-refractivity contribution in [2.24, 2.45) is 7.05 Å². The van der Waals surface area contributed by atoms with E-state index in [1.54, 1.807) is 12.1 Å². The highest BCUT2D eigenvalue weighted by atomic mass is 32.2. The number of aryl methyl sites for hydroxylation is 1. The molecule has 1 amide bonds. The Hall–Kier alpha value is -2.67. The van der Waals surface area contributed by atoms with E-state index in [0.717, 1.165) is 11.4 Å². The van der Waals surface area contributed by atoms with Gasteiger partial charge in [0, 0.05) is 12.6 Å². The minimum Gasteiger partial charge on any atom is -0.323 e. The number of para-hydroxylation sites is 1. The molecular weight excluding hydrogens is 339 g/mol. The number of hydrogen-bond donors (Lipinski definition) is 1. The van der Waals surface area contributed by atoms with Crippen molar-refractivity contribution >= 4 is 23.4 Å². The zero-order valence-electron chi connectivity index (χ0n) is 13.9. The minimum absolute atomic E-state index is 0.119. The van der Waals surface area contributed by atoms with Crippen molar-refractivity contribution in [1.82, 2.24) is 14.8 Å². The number of hydrogen-bond acceptors (Lipinski definition) is 4. The Morgan fingerprint density at radius 3 is 2.60 bits per heavy atom. The molecule has 0 spiro atoms. The van der Waals surface area contributed by atoms with Crippen molar-refractivity contribution in [3.63, 3.8) is 0 Å². The highest BCUT2D eigenvalue weighted by Gasteiger charge is 2.13. The fourth-order valence-electron chi connectivity index (χ4n) is 2.27. The Morgan fingerprint density at radius 2 is 1.88 bits per heavy atom. The first kappa shape index (κ1) is 17.2. The summed E-state index contributed by atoms with van der Waals surface area (Å²) in [6.45, 7) is 2.02. The van der Waals surface area contributed by atoms with Gasteiger partial charge in [-0.15, -0.1) is 10.2 Å². The standard InChI is InChI=1S/C18H17FN4OS/c1-12-7-9-13(10-8-12)17-21-22-18(23(17)2)25-11-16(24)20-15-6-4-3-5-14(15)19/h3-10H,11H2,1-2H3,(H,20,24). The number of rotatable bonds is 5. The van der Waals surface area contributed by atoms with E-state index in [2.05, 4.69) is 15.5 Å². The SMILES string of the molecule is Cc1ccc(-c2nnc(SCC(=O)Nc3ccccc3F)n2C)cc1. The van der Waals surface area contributed by atoms with Gasteiger partial charge in [0.15, 0.2) is 11.0 Å². The number of halogens is 1. The van der Waals surface area contributed by atoms with E-state index in [1.807, 2.05) is 42.8 Å². The molecule has 2 aromatic carbocycles. The topological polar surface area (TPSA) is 59.8 Å². The fourth-order valence-corrected chi connectivity index (χ4v) is 2.98. The van der Waals surface area contributed by atoms with Gasteiger partial charge < -0.3 is 9.88 Å². The molecule has 0 radical (unpaired) electrons. The summed E-state index contributed by atoms with van der Waals surface area (Å²) < 4.78 is 15.4. The van der Waals surface area contributed by atoms with Gasteiger partial charge in [0.2, 0.25) is 5.91 Å². The number of carbonyl (C=O) groups excluding carboxylic acids is 1. The van der Waals surface area contributed by atoms with Crippen LogP contribution in [0.4, 0.5) is 10.1 Å². The predicted molar refractivity (Wildman–Crippen MR) is 96.9 cm³/mol. The second-order valence-electron chi connectivity index (χ2n) is 5.55. The van der Waals surface area contributed by atoms with E-state index in [9.17, 15) is 9.18 Å². The van der Waals surface area contributed by atoms with Gasteiger partial charge >= 0.3 is 0 Å². The van der Waals surface area contributed by atoms with Crippen molar-refractivity contribution in [2.75, 3.05) is 11.1 Å². The molecule has 7 heteroatoms. The number of nitrogens with zero attached hydrogens (tertiary/aromatic N) is 3. The predicted octanol–water partition coefficient (Wildman–Crippen LogP) is 3.66. The first-order valence-corrected chi connectivity index (χ1v) is 8.67. The summed E-state index contributed by atoms with van der Waals surface area (Å²) in [4.78, 5) is 12.0. The number of aromatic nitrogens is 3. The number of anilines is 1. The highest BCUT2D eigenvalue weighted by Crippen LogP contribution is 2.23. The third-order valence-electron chi connectivity index (χ3n) is 3.62. The zero-order chi connectivity index (χ0) is 17.8. The molecule has 1 heterocycles. The summed E-state index contributed by atoms with van der Waals surface area (Å²) >= 11 is 1.25. The van der Waals surface area contributed by atoms with Gasteiger partial charge in [-0.2, -0.15) is 0 Å². The first-order valence-electron chi connectivity index (χ1n) is 7.68. The van der Waals surface area contributed by atoms with Crippen LogP contribution in [0.1, 0.15) is 5.56 Å². The summed E-state index contributed by atoms with van der Waals surface area (Å²) in [6, 6.07) is 14.1. The summed E-state index contributed by atoms with van der Waals surface area (Å²) in [5.41, 5.74) is 2.31. The Labute approximate surface area is 149 Å². The fraction of sp³-hybridized carbons (Fsp3) is 0.167. The molecule has 1 N–H and O–H groups in total. The summed E-state index contributed by atoms with van der Waals surface area (Å²) in [6.07, 6.45) is 0. The molecule has 0 unspecified atom stereocenters. The van der Waals surface area contributed by atoms with E-state index < -0.39 is 5.82 Å². The van der Waals surface area contributed by atoms with Crippen LogP contribution < -0.4 is 5.32 Å². The van der Waals surface area contributed by atoms with Crippen LogP contribution in [0.5, 0.6) is 0 Å². The lowest BCUT2D eigenvalue weighted by Gasteiger charge is -2.06. The molecule has 3 rings (SSSR count). The molecular formula is C18H17FN4OS. The van der Waals surface area contributed by atoms with Crippen LogP contribution in [-0.2, 0) is 11.8 Å². The maximum atomic E-state index is 13.5. The molecule has 1 aromatic heterocycles. The maximum Gasteiger partial charge on any atom is 0.234 e. The van der Waals surface area contributed by atoms with E-state index in [-0.39, 0.29) is 17.3 Å². The quantitative estimate of drug-likeness (QED) is 0.709. The van der Waals surface area contributed by atoms with Gasteiger partial charge in [0.05, 0.1) is 11.4 Å². The molecule has 0 atom stereocenters. The van der Waals surface area contributed by atoms with E-state index in [1.165, 1.54) is 29.5 Å². The molecule has 0 saturated heterocycles. The average Bonchev–Trinajstić information content (AvgIpc) is 2.97.